The van der Waals surface area contributed by atoms with Crippen LogP contribution in [0.25, 0.3) is 0 Å². The molecule has 4 nitrogen and oxygen atoms in total. The molecule has 0 spiro atoms. The van der Waals surface area contributed by atoms with Crippen molar-refractivity contribution >= 4 is 8.41 Å². The fourth-order valence-corrected chi connectivity index (χ4v) is 1.69. The van der Waals surface area contributed by atoms with Crippen LogP contribution < -0.4 is 29.6 Å². The Balaban J connectivity index is -0.000000118. The number of rotatable bonds is 1. The molecule has 2 N–H and O–H groups in total. The molecule has 0 unspecified atom stereocenters. The topological polar surface area (TPSA) is 58.9 Å². The second-order valence-electron chi connectivity index (χ2n) is 4.95. The Labute approximate surface area is 151 Å². The molecule has 0 saturated carbocycles. The number of halogens is 2. The molecule has 0 amide bonds. The molecule has 2 aliphatic heterocycles. The Morgan fingerprint density at radius 2 is 1.29 bits per heavy atom. The third kappa shape index (κ3) is 12.9. The van der Waals surface area contributed by atoms with Crippen molar-refractivity contribution in [3.63, 3.8) is 0 Å². The van der Waals surface area contributed by atoms with Gasteiger partial charge < -0.3 is 21.1 Å². The van der Waals surface area contributed by atoms with Crippen molar-refractivity contribution in [1.29, 1.82) is 0 Å². The fourth-order valence-electron chi connectivity index (χ4n) is 1.69. The molecular weight excluding hydrogens is 292 g/mol. The van der Waals surface area contributed by atoms with E-state index in [0.29, 0.717) is 52.1 Å². The monoisotopic (exact) mass is 319 g/mol. The third-order valence-electron chi connectivity index (χ3n) is 3.21. The van der Waals surface area contributed by atoms with E-state index in [9.17, 15) is 8.78 Å². The Bertz CT molecular complexity index is 228. The maximum Gasteiger partial charge on any atom is 1.00 e. The normalized spacial score (nSPS) is 22.0. The summed E-state index contributed by atoms with van der Waals surface area (Å²) in [6.45, 7) is 3.33. The molecule has 2 rings (SSSR count). The summed E-state index contributed by atoms with van der Waals surface area (Å²) in [6.07, 6.45) is 1.80. The summed E-state index contributed by atoms with van der Waals surface area (Å²) in [5, 5.41) is 15.5. The van der Waals surface area contributed by atoms with Gasteiger partial charge in [0.2, 0.25) is 0 Å². The van der Waals surface area contributed by atoms with Crippen LogP contribution in [0.3, 0.4) is 0 Å². The first-order chi connectivity index (χ1) is 8.97. The Morgan fingerprint density at radius 1 is 0.952 bits per heavy atom. The van der Waals surface area contributed by atoms with Crippen LogP contribution in [-0.2, 0) is 9.47 Å². The number of aliphatic hydroxyl groups is 2. The number of aliphatic hydroxyl groups excluding tert-OH is 2. The van der Waals surface area contributed by atoms with E-state index in [1.54, 1.807) is 6.92 Å². The second-order valence-corrected chi connectivity index (χ2v) is 4.95. The van der Waals surface area contributed by atoms with Crippen molar-refractivity contribution in [2.75, 3.05) is 40.1 Å². The van der Waals surface area contributed by atoms with E-state index in [2.05, 4.69) is 0 Å². The quantitative estimate of drug-likeness (QED) is 0.570. The zero-order valence-electron chi connectivity index (χ0n) is 14.4. The van der Waals surface area contributed by atoms with Gasteiger partial charge in [-0.1, -0.05) is 0 Å². The first-order valence-corrected chi connectivity index (χ1v) is 6.56. The van der Waals surface area contributed by atoms with E-state index in [0.717, 1.165) is 7.11 Å². The van der Waals surface area contributed by atoms with Crippen LogP contribution in [-0.4, -0.2) is 70.1 Å². The van der Waals surface area contributed by atoms with Crippen LogP contribution in [0.4, 0.5) is 8.78 Å². The van der Waals surface area contributed by atoms with Crippen molar-refractivity contribution < 1.29 is 59.5 Å². The molecule has 21 heavy (non-hydrogen) atoms. The molecule has 0 aliphatic carbocycles. The van der Waals surface area contributed by atoms with E-state index >= 15 is 0 Å². The van der Waals surface area contributed by atoms with Gasteiger partial charge in [-0.25, -0.2) is 8.78 Å². The first kappa shape index (κ1) is 26.7. The Kier molecular flexibility index (Phi) is 18.2. The van der Waals surface area contributed by atoms with Gasteiger partial charge in [0, 0.05) is 67.6 Å². The predicted molar refractivity (Wildman–Crippen MR) is 75.6 cm³/mol. The van der Waals surface area contributed by atoms with E-state index in [1.165, 1.54) is 0 Å². The summed E-state index contributed by atoms with van der Waals surface area (Å²) in [6, 6.07) is 0. The summed E-state index contributed by atoms with van der Waals surface area (Å²) >= 11 is 0. The van der Waals surface area contributed by atoms with Gasteiger partial charge in [-0.2, -0.15) is 0 Å². The molecule has 0 aromatic heterocycles. The zero-order valence-corrected chi connectivity index (χ0v) is 15.4. The van der Waals surface area contributed by atoms with E-state index in [4.69, 9.17) is 19.7 Å². The molecule has 8 heteroatoms. The van der Waals surface area contributed by atoms with Crippen molar-refractivity contribution in [2.45, 2.75) is 43.9 Å². The molecule has 2 fully saturated rings. The Morgan fingerprint density at radius 3 is 1.48 bits per heavy atom. The molecule has 121 valence electrons. The maximum atomic E-state index is 13.0. The smallest absolute Gasteiger partial charge is 1.00 e. The number of hydrogen-bond donors (Lipinski definition) is 2. The summed E-state index contributed by atoms with van der Waals surface area (Å²) in [5.41, 5.74) is -2.30. The minimum atomic E-state index is -1.35. The molecule has 0 bridgehead atoms. The summed E-state index contributed by atoms with van der Waals surface area (Å²) in [5.74, 6) is 0. The zero-order chi connectivity index (χ0) is 14.8. The van der Waals surface area contributed by atoms with E-state index in [1.807, 2.05) is 0 Å². The standard InChI is InChI=1S/C6H11FO2.C6H11FO.CH4O.B.Na.H/c7-6(5-8)1-3-9-4-2-6;1-6(7)2-4-8-5-3-6;1-2;;;/h8H,1-5H2;2-5H2,1H3;2H,1H3;;;/q;;;;+1;-1. The minimum absolute atomic E-state index is 0. The molecule has 0 atom stereocenters. The molecular formula is C13H27BF2NaO4. The van der Waals surface area contributed by atoms with Gasteiger partial charge in [0.05, 0.1) is 6.61 Å². The molecule has 2 aliphatic rings. The minimum Gasteiger partial charge on any atom is -1.00 e. The van der Waals surface area contributed by atoms with Crippen molar-refractivity contribution in [1.82, 2.24) is 0 Å². The van der Waals surface area contributed by atoms with Crippen LogP contribution >= 0.6 is 0 Å². The number of ether oxygens (including phenoxy) is 2. The molecule has 0 aromatic carbocycles. The van der Waals surface area contributed by atoms with Crippen LogP contribution in [0.15, 0.2) is 0 Å². The fraction of sp³-hybridized carbons (Fsp3) is 1.00. The first-order valence-electron chi connectivity index (χ1n) is 6.56. The van der Waals surface area contributed by atoms with Gasteiger partial charge in [-0.05, 0) is 6.92 Å². The average molecular weight is 319 g/mol. The third-order valence-corrected chi connectivity index (χ3v) is 3.21. The summed E-state index contributed by atoms with van der Waals surface area (Å²) in [4.78, 5) is 0. The molecule has 3 radical (unpaired) electrons. The van der Waals surface area contributed by atoms with Crippen LogP contribution in [0.5, 0.6) is 0 Å². The van der Waals surface area contributed by atoms with Gasteiger partial charge >= 0.3 is 29.6 Å². The van der Waals surface area contributed by atoms with Crippen LogP contribution in [0.1, 0.15) is 34.0 Å². The number of hydrogen-bond acceptors (Lipinski definition) is 4. The van der Waals surface area contributed by atoms with Gasteiger partial charge in [0.25, 0.3) is 0 Å². The average Bonchev–Trinajstić information content (AvgIpc) is 2.42. The maximum absolute atomic E-state index is 13.0. The Hall–Kier alpha value is 0.765. The van der Waals surface area contributed by atoms with Crippen molar-refractivity contribution in [3.8, 4) is 0 Å². The van der Waals surface area contributed by atoms with Crippen LogP contribution in [0.2, 0.25) is 0 Å². The molecule has 2 heterocycles. The SMILES string of the molecule is CC1(F)CCOCC1.CO.OCC1(F)CCOCC1.[B].[H-].[Na+]. The predicted octanol–water partition coefficient (Wildman–Crippen LogP) is -1.63. The van der Waals surface area contributed by atoms with Gasteiger partial charge in [0.1, 0.15) is 11.3 Å². The van der Waals surface area contributed by atoms with Gasteiger partial charge in [-0.3, -0.25) is 0 Å². The summed E-state index contributed by atoms with van der Waals surface area (Å²) < 4.78 is 35.6. The summed E-state index contributed by atoms with van der Waals surface area (Å²) in [7, 11) is 1.00. The van der Waals surface area contributed by atoms with Gasteiger partial charge in [0.15, 0.2) is 0 Å². The molecule has 0 aromatic rings. The second kappa shape index (κ2) is 14.4. The van der Waals surface area contributed by atoms with Crippen LogP contribution in [0, 0.1) is 0 Å². The van der Waals surface area contributed by atoms with E-state index < -0.39 is 11.3 Å². The van der Waals surface area contributed by atoms with Gasteiger partial charge in [-0.15, -0.1) is 0 Å². The number of alkyl halides is 2. The van der Waals surface area contributed by atoms with E-state index in [-0.39, 0.29) is 46.0 Å². The molecule has 2 saturated heterocycles. The largest absolute Gasteiger partial charge is 1.00 e. The van der Waals surface area contributed by atoms with Crippen molar-refractivity contribution in [3.05, 3.63) is 0 Å². The van der Waals surface area contributed by atoms with Crippen molar-refractivity contribution in [2.24, 2.45) is 0 Å².